The number of nitrogens with one attached hydrogen (secondary N) is 1. The van der Waals surface area contributed by atoms with E-state index in [9.17, 15) is 18.0 Å². The van der Waals surface area contributed by atoms with Gasteiger partial charge in [-0.25, -0.2) is 4.68 Å². The zero-order valence-corrected chi connectivity index (χ0v) is 11.9. The molecule has 3 heterocycles. The Morgan fingerprint density at radius 3 is 2.87 bits per heavy atom. The SMILES string of the molecule is O=C(NCc1cc2n(n1)CCCO2)c1ccc(C(F)(F)F)nc1. The van der Waals surface area contributed by atoms with E-state index >= 15 is 0 Å². The van der Waals surface area contributed by atoms with Crippen molar-refractivity contribution in [3.05, 3.63) is 41.3 Å². The molecule has 1 amide bonds. The van der Waals surface area contributed by atoms with Gasteiger partial charge in [0.1, 0.15) is 5.69 Å². The summed E-state index contributed by atoms with van der Waals surface area (Å²) in [4.78, 5) is 15.2. The lowest BCUT2D eigenvalue weighted by atomic mass is 10.2. The Bertz CT molecular complexity index is 686. The first kappa shape index (κ1) is 15.3. The topological polar surface area (TPSA) is 69.0 Å². The van der Waals surface area contributed by atoms with Crippen molar-refractivity contribution >= 4 is 5.91 Å². The fourth-order valence-electron chi connectivity index (χ4n) is 2.17. The van der Waals surface area contributed by atoms with E-state index in [1.807, 2.05) is 0 Å². The second-order valence-corrected chi connectivity index (χ2v) is 5.01. The van der Waals surface area contributed by atoms with Crippen LogP contribution in [0.3, 0.4) is 0 Å². The number of hydrogen-bond donors (Lipinski definition) is 1. The zero-order chi connectivity index (χ0) is 16.4. The molecule has 0 saturated heterocycles. The van der Waals surface area contributed by atoms with Crippen LogP contribution >= 0.6 is 0 Å². The predicted octanol–water partition coefficient (Wildman–Crippen LogP) is 2.01. The predicted molar refractivity (Wildman–Crippen MR) is 72.7 cm³/mol. The number of ether oxygens (including phenoxy) is 1. The zero-order valence-electron chi connectivity index (χ0n) is 11.9. The normalized spacial score (nSPS) is 14.0. The lowest BCUT2D eigenvalue weighted by Crippen LogP contribution is -2.23. The van der Waals surface area contributed by atoms with Crippen molar-refractivity contribution in [3.63, 3.8) is 0 Å². The fraction of sp³-hybridized carbons (Fsp3) is 0.357. The molecule has 23 heavy (non-hydrogen) atoms. The van der Waals surface area contributed by atoms with Gasteiger partial charge in [0.25, 0.3) is 5.91 Å². The Morgan fingerprint density at radius 1 is 1.39 bits per heavy atom. The molecule has 2 aromatic rings. The minimum atomic E-state index is -4.52. The van der Waals surface area contributed by atoms with E-state index in [1.54, 1.807) is 10.7 Å². The van der Waals surface area contributed by atoms with Crippen LogP contribution in [0.5, 0.6) is 5.88 Å². The van der Waals surface area contributed by atoms with Crippen LogP contribution in [-0.4, -0.2) is 27.3 Å². The second kappa shape index (κ2) is 5.90. The smallest absolute Gasteiger partial charge is 0.433 e. The Morgan fingerprint density at radius 2 is 2.22 bits per heavy atom. The Hall–Kier alpha value is -2.58. The molecule has 6 nitrogen and oxygen atoms in total. The van der Waals surface area contributed by atoms with Crippen LogP contribution in [0.2, 0.25) is 0 Å². The fourth-order valence-corrected chi connectivity index (χ4v) is 2.17. The van der Waals surface area contributed by atoms with Crippen molar-refractivity contribution in [1.29, 1.82) is 0 Å². The molecule has 0 fully saturated rings. The summed E-state index contributed by atoms with van der Waals surface area (Å²) in [6, 6.07) is 3.59. The summed E-state index contributed by atoms with van der Waals surface area (Å²) in [5, 5.41) is 6.87. The summed E-state index contributed by atoms with van der Waals surface area (Å²) in [5.41, 5.74) is -0.360. The molecule has 0 atom stereocenters. The average molecular weight is 326 g/mol. The van der Waals surface area contributed by atoms with E-state index in [1.165, 1.54) is 0 Å². The molecule has 0 radical (unpaired) electrons. The molecule has 0 bridgehead atoms. The third-order valence-corrected chi connectivity index (χ3v) is 3.30. The van der Waals surface area contributed by atoms with Gasteiger partial charge in [-0.2, -0.15) is 18.3 Å². The van der Waals surface area contributed by atoms with Crippen molar-refractivity contribution < 1.29 is 22.7 Å². The summed E-state index contributed by atoms with van der Waals surface area (Å²) in [7, 11) is 0. The van der Waals surface area contributed by atoms with Crippen LogP contribution in [0.25, 0.3) is 0 Å². The first-order valence-corrected chi connectivity index (χ1v) is 6.94. The highest BCUT2D eigenvalue weighted by molar-refractivity contribution is 5.93. The highest BCUT2D eigenvalue weighted by Gasteiger charge is 2.32. The van der Waals surface area contributed by atoms with Gasteiger partial charge in [-0.05, 0) is 12.1 Å². The number of alkyl halides is 3. The van der Waals surface area contributed by atoms with Crippen molar-refractivity contribution in [2.45, 2.75) is 25.7 Å². The average Bonchev–Trinajstić information content (AvgIpc) is 2.95. The number of rotatable bonds is 3. The summed E-state index contributed by atoms with van der Waals surface area (Å²) in [5.74, 6) is 0.134. The Kier molecular flexibility index (Phi) is 3.93. The molecule has 9 heteroatoms. The van der Waals surface area contributed by atoms with Gasteiger partial charge in [0.05, 0.1) is 24.4 Å². The molecule has 3 rings (SSSR count). The van der Waals surface area contributed by atoms with Crippen LogP contribution in [0.1, 0.15) is 28.2 Å². The summed E-state index contributed by atoms with van der Waals surface area (Å²) < 4.78 is 44.4. The number of amides is 1. The minimum Gasteiger partial charge on any atom is -0.478 e. The molecular weight excluding hydrogens is 313 g/mol. The van der Waals surface area contributed by atoms with Gasteiger partial charge in [-0.1, -0.05) is 0 Å². The van der Waals surface area contributed by atoms with E-state index in [0.29, 0.717) is 18.2 Å². The molecule has 1 aliphatic heterocycles. The lowest BCUT2D eigenvalue weighted by Gasteiger charge is -2.13. The monoisotopic (exact) mass is 326 g/mol. The van der Waals surface area contributed by atoms with Crippen LogP contribution in [0.15, 0.2) is 24.4 Å². The molecule has 0 aromatic carbocycles. The molecule has 2 aromatic heterocycles. The quantitative estimate of drug-likeness (QED) is 0.937. The molecular formula is C14H13F3N4O2. The molecule has 0 aliphatic carbocycles. The second-order valence-electron chi connectivity index (χ2n) is 5.01. The van der Waals surface area contributed by atoms with Crippen LogP contribution < -0.4 is 10.1 Å². The van der Waals surface area contributed by atoms with Crippen molar-refractivity contribution in [2.24, 2.45) is 0 Å². The minimum absolute atomic E-state index is 0.0539. The third-order valence-electron chi connectivity index (χ3n) is 3.30. The van der Waals surface area contributed by atoms with E-state index in [0.717, 1.165) is 31.3 Å². The van der Waals surface area contributed by atoms with Crippen LogP contribution in [-0.2, 0) is 19.3 Å². The molecule has 1 N–H and O–H groups in total. The largest absolute Gasteiger partial charge is 0.478 e. The number of aryl methyl sites for hydroxylation is 1. The number of carbonyl (C=O) groups excluding carboxylic acids is 1. The highest BCUT2D eigenvalue weighted by atomic mass is 19.4. The lowest BCUT2D eigenvalue weighted by molar-refractivity contribution is -0.141. The summed E-state index contributed by atoms with van der Waals surface area (Å²) in [6.45, 7) is 1.55. The van der Waals surface area contributed by atoms with Crippen molar-refractivity contribution in [1.82, 2.24) is 20.1 Å². The number of fused-ring (bicyclic) bond motifs is 1. The molecule has 0 spiro atoms. The Labute approximate surface area is 129 Å². The first-order chi connectivity index (χ1) is 10.9. The van der Waals surface area contributed by atoms with E-state index in [4.69, 9.17) is 4.74 Å². The summed E-state index contributed by atoms with van der Waals surface area (Å²) >= 11 is 0. The number of hydrogen-bond acceptors (Lipinski definition) is 4. The van der Waals surface area contributed by atoms with Crippen LogP contribution in [0, 0.1) is 0 Å². The van der Waals surface area contributed by atoms with Gasteiger partial charge in [0.2, 0.25) is 5.88 Å². The first-order valence-electron chi connectivity index (χ1n) is 6.94. The molecule has 0 unspecified atom stereocenters. The van der Waals surface area contributed by atoms with Gasteiger partial charge in [0.15, 0.2) is 0 Å². The maximum Gasteiger partial charge on any atom is 0.433 e. The molecule has 0 saturated carbocycles. The van der Waals surface area contributed by atoms with E-state index in [2.05, 4.69) is 15.4 Å². The molecule has 122 valence electrons. The number of halogens is 3. The van der Waals surface area contributed by atoms with Gasteiger partial charge >= 0.3 is 6.18 Å². The number of aromatic nitrogens is 3. The number of pyridine rings is 1. The van der Waals surface area contributed by atoms with Gasteiger partial charge in [-0.15, -0.1) is 0 Å². The Balaban J connectivity index is 1.62. The van der Waals surface area contributed by atoms with Gasteiger partial charge < -0.3 is 10.1 Å². The third kappa shape index (κ3) is 3.43. The molecule has 1 aliphatic rings. The number of carbonyl (C=O) groups is 1. The van der Waals surface area contributed by atoms with Gasteiger partial charge in [-0.3, -0.25) is 9.78 Å². The van der Waals surface area contributed by atoms with Crippen molar-refractivity contribution in [2.75, 3.05) is 6.61 Å². The van der Waals surface area contributed by atoms with E-state index < -0.39 is 17.8 Å². The standard InChI is InChI=1S/C14H13F3N4O2/c15-14(16,17)11-3-2-9(7-18-11)13(22)19-8-10-6-12-21(20-10)4-1-5-23-12/h2-3,6-7H,1,4-5,8H2,(H,19,22). The van der Waals surface area contributed by atoms with E-state index in [-0.39, 0.29) is 12.1 Å². The van der Waals surface area contributed by atoms with Crippen molar-refractivity contribution in [3.8, 4) is 5.88 Å². The maximum atomic E-state index is 12.4. The highest BCUT2D eigenvalue weighted by Crippen LogP contribution is 2.27. The maximum absolute atomic E-state index is 12.4. The van der Waals surface area contributed by atoms with Gasteiger partial charge in [0, 0.05) is 25.2 Å². The number of nitrogens with zero attached hydrogens (tertiary/aromatic N) is 3. The summed E-state index contributed by atoms with van der Waals surface area (Å²) in [6.07, 6.45) is -2.75. The van der Waals surface area contributed by atoms with Crippen LogP contribution in [0.4, 0.5) is 13.2 Å².